The van der Waals surface area contributed by atoms with E-state index in [1.165, 1.54) is 6.07 Å². The zero-order chi connectivity index (χ0) is 12.8. The zero-order valence-corrected chi connectivity index (χ0v) is 9.89. The number of hydrogen-bond acceptors (Lipinski definition) is 3. The average molecular weight is 246 g/mol. The van der Waals surface area contributed by atoms with Crippen molar-refractivity contribution in [2.24, 2.45) is 5.41 Å². The highest BCUT2D eigenvalue weighted by atomic mass is 16.6. The molecule has 1 saturated heterocycles. The van der Waals surface area contributed by atoms with Gasteiger partial charge in [0.2, 0.25) is 5.91 Å². The van der Waals surface area contributed by atoms with Crippen LogP contribution in [-0.4, -0.2) is 17.4 Å². The van der Waals surface area contributed by atoms with Crippen molar-refractivity contribution in [2.45, 2.75) is 25.2 Å². The first-order chi connectivity index (χ1) is 8.65. The molecule has 18 heavy (non-hydrogen) atoms. The lowest BCUT2D eigenvalue weighted by Crippen LogP contribution is -2.40. The molecule has 1 saturated carbocycles. The number of amides is 1. The molecule has 1 spiro atoms. The van der Waals surface area contributed by atoms with Gasteiger partial charge in [0.1, 0.15) is 0 Å². The quantitative estimate of drug-likeness (QED) is 0.640. The number of rotatable bonds is 2. The third kappa shape index (κ3) is 1.36. The summed E-state index contributed by atoms with van der Waals surface area (Å²) in [6.45, 7) is 0.518. The van der Waals surface area contributed by atoms with Gasteiger partial charge >= 0.3 is 0 Å². The van der Waals surface area contributed by atoms with E-state index in [1.807, 2.05) is 0 Å². The molecule has 1 atom stereocenters. The van der Waals surface area contributed by atoms with Crippen LogP contribution in [-0.2, 0) is 4.79 Å². The van der Waals surface area contributed by atoms with Crippen LogP contribution in [0.3, 0.4) is 0 Å². The first-order valence-corrected chi connectivity index (χ1v) is 6.17. The van der Waals surface area contributed by atoms with E-state index in [4.69, 9.17) is 0 Å². The highest BCUT2D eigenvalue weighted by molar-refractivity contribution is 5.87. The number of nitrogens with one attached hydrogen (secondary N) is 1. The van der Waals surface area contributed by atoms with Crippen LogP contribution in [0.4, 0.5) is 5.69 Å². The third-order valence-corrected chi connectivity index (χ3v) is 4.34. The van der Waals surface area contributed by atoms with E-state index in [2.05, 4.69) is 5.32 Å². The maximum Gasteiger partial charge on any atom is 0.272 e. The normalized spacial score (nSPS) is 24.7. The fourth-order valence-corrected chi connectivity index (χ4v) is 3.21. The number of para-hydroxylation sites is 1. The number of carbonyl (C=O) groups is 1. The van der Waals surface area contributed by atoms with Crippen molar-refractivity contribution in [1.82, 2.24) is 5.32 Å². The lowest BCUT2D eigenvalue weighted by atomic mass is 9.60. The largest absolute Gasteiger partial charge is 0.355 e. The van der Waals surface area contributed by atoms with Crippen LogP contribution in [0.5, 0.6) is 0 Å². The summed E-state index contributed by atoms with van der Waals surface area (Å²) < 4.78 is 0. The van der Waals surface area contributed by atoms with Crippen molar-refractivity contribution >= 4 is 11.6 Å². The van der Waals surface area contributed by atoms with Gasteiger partial charge in [-0.15, -0.1) is 0 Å². The SMILES string of the molecule is O=C1NC[C@H](c2ccccc2[N+](=O)[O-])C12CCC2. The Balaban J connectivity index is 2.05. The molecule has 2 fully saturated rings. The van der Waals surface area contributed by atoms with E-state index < -0.39 is 0 Å². The van der Waals surface area contributed by atoms with Crippen molar-refractivity contribution in [1.29, 1.82) is 0 Å². The summed E-state index contributed by atoms with van der Waals surface area (Å²) in [5.41, 5.74) is 0.442. The first-order valence-electron chi connectivity index (χ1n) is 6.17. The molecular formula is C13H14N2O3. The number of nitro groups is 1. The summed E-state index contributed by atoms with van der Waals surface area (Å²) in [5.74, 6) is 0.0113. The molecule has 1 aliphatic heterocycles. The van der Waals surface area contributed by atoms with Crippen molar-refractivity contribution in [2.75, 3.05) is 6.54 Å². The molecule has 5 nitrogen and oxygen atoms in total. The van der Waals surface area contributed by atoms with Crippen molar-refractivity contribution < 1.29 is 9.72 Å². The molecule has 0 radical (unpaired) electrons. The molecule has 1 aromatic carbocycles. The molecule has 1 aromatic rings. The Labute approximate surface area is 104 Å². The van der Waals surface area contributed by atoms with Crippen molar-refractivity contribution in [3.8, 4) is 0 Å². The number of carbonyl (C=O) groups excluding carboxylic acids is 1. The predicted molar refractivity (Wildman–Crippen MR) is 65.1 cm³/mol. The van der Waals surface area contributed by atoms with Gasteiger partial charge in [-0.1, -0.05) is 24.6 Å². The second kappa shape index (κ2) is 3.80. The predicted octanol–water partition coefficient (Wildman–Crippen LogP) is 1.98. The second-order valence-electron chi connectivity index (χ2n) is 5.09. The molecule has 1 aliphatic carbocycles. The summed E-state index contributed by atoms with van der Waals surface area (Å²) in [5, 5.41) is 13.9. The Morgan fingerprint density at radius 2 is 2.06 bits per heavy atom. The van der Waals surface area contributed by atoms with E-state index in [1.54, 1.807) is 18.2 Å². The van der Waals surface area contributed by atoms with Gasteiger partial charge in [0, 0.05) is 24.1 Å². The zero-order valence-electron chi connectivity index (χ0n) is 9.89. The molecule has 94 valence electrons. The fraction of sp³-hybridized carbons (Fsp3) is 0.462. The second-order valence-corrected chi connectivity index (χ2v) is 5.09. The van der Waals surface area contributed by atoms with Crippen LogP contribution in [0, 0.1) is 15.5 Å². The Hall–Kier alpha value is -1.91. The standard InChI is InChI=1S/C13H14N2O3/c16-12-13(6-3-7-13)10(8-14-12)9-4-1-2-5-11(9)15(17)18/h1-2,4-5,10H,3,6-8H2,(H,14,16)/t10-/m1/s1. The highest BCUT2D eigenvalue weighted by Gasteiger charge is 2.55. The topological polar surface area (TPSA) is 72.2 Å². The first kappa shape index (κ1) is 11.2. The number of nitro benzene ring substituents is 1. The van der Waals surface area contributed by atoms with Crippen molar-refractivity contribution in [3.05, 3.63) is 39.9 Å². The molecule has 5 heteroatoms. The lowest BCUT2D eigenvalue weighted by Gasteiger charge is -2.40. The maximum atomic E-state index is 12.0. The van der Waals surface area contributed by atoms with E-state index in [0.29, 0.717) is 12.1 Å². The molecule has 0 unspecified atom stereocenters. The molecular weight excluding hydrogens is 232 g/mol. The van der Waals surface area contributed by atoms with E-state index in [9.17, 15) is 14.9 Å². The maximum absolute atomic E-state index is 12.0. The van der Waals surface area contributed by atoms with Gasteiger partial charge in [0.25, 0.3) is 5.69 Å². The fourth-order valence-electron chi connectivity index (χ4n) is 3.21. The minimum absolute atomic E-state index is 0.0552. The van der Waals surface area contributed by atoms with Gasteiger partial charge in [-0.05, 0) is 12.8 Å². The highest BCUT2D eigenvalue weighted by Crippen LogP contribution is 2.55. The lowest BCUT2D eigenvalue weighted by molar-refractivity contribution is -0.385. The van der Waals surface area contributed by atoms with Crippen LogP contribution < -0.4 is 5.32 Å². The smallest absolute Gasteiger partial charge is 0.272 e. The van der Waals surface area contributed by atoms with Crippen molar-refractivity contribution in [3.63, 3.8) is 0 Å². The minimum Gasteiger partial charge on any atom is -0.355 e. The van der Waals surface area contributed by atoms with Crippen LogP contribution in [0.15, 0.2) is 24.3 Å². The number of hydrogen-bond donors (Lipinski definition) is 1. The van der Waals surface area contributed by atoms with E-state index in [-0.39, 0.29) is 27.9 Å². The van der Waals surface area contributed by atoms with Gasteiger partial charge in [-0.25, -0.2) is 0 Å². The Kier molecular flexibility index (Phi) is 2.36. The molecule has 0 aromatic heterocycles. The van der Waals surface area contributed by atoms with Gasteiger partial charge in [0.15, 0.2) is 0 Å². The van der Waals surface area contributed by atoms with Crippen LogP contribution >= 0.6 is 0 Å². The van der Waals surface area contributed by atoms with Crippen LogP contribution in [0.2, 0.25) is 0 Å². The summed E-state index contributed by atoms with van der Waals surface area (Å²) in [7, 11) is 0. The monoisotopic (exact) mass is 246 g/mol. The Morgan fingerprint density at radius 1 is 1.33 bits per heavy atom. The van der Waals surface area contributed by atoms with Gasteiger partial charge in [-0.3, -0.25) is 14.9 Å². The third-order valence-electron chi connectivity index (χ3n) is 4.34. The van der Waals surface area contributed by atoms with Gasteiger partial charge < -0.3 is 5.32 Å². The minimum atomic E-state index is -0.383. The molecule has 1 amide bonds. The number of nitrogens with zero attached hydrogens (tertiary/aromatic N) is 1. The summed E-state index contributed by atoms with van der Waals surface area (Å²) in [6.07, 6.45) is 2.72. The van der Waals surface area contributed by atoms with E-state index in [0.717, 1.165) is 19.3 Å². The molecule has 1 N–H and O–H groups in total. The van der Waals surface area contributed by atoms with Crippen LogP contribution in [0.1, 0.15) is 30.7 Å². The molecule has 1 heterocycles. The summed E-state index contributed by atoms with van der Waals surface area (Å²) in [4.78, 5) is 22.7. The van der Waals surface area contributed by atoms with Gasteiger partial charge in [0.05, 0.1) is 10.3 Å². The molecule has 3 rings (SSSR count). The summed E-state index contributed by atoms with van der Waals surface area (Å²) >= 11 is 0. The van der Waals surface area contributed by atoms with E-state index >= 15 is 0 Å². The number of benzene rings is 1. The average Bonchev–Trinajstić information content (AvgIpc) is 2.66. The van der Waals surface area contributed by atoms with Gasteiger partial charge in [-0.2, -0.15) is 0 Å². The Bertz CT molecular complexity index is 523. The molecule has 2 aliphatic rings. The summed E-state index contributed by atoms with van der Waals surface area (Å²) in [6, 6.07) is 6.77. The van der Waals surface area contributed by atoms with Crippen LogP contribution in [0.25, 0.3) is 0 Å². The Morgan fingerprint density at radius 3 is 2.67 bits per heavy atom. The molecule has 0 bridgehead atoms.